The average molecular weight is 431 g/mol. The average Bonchev–Trinajstić information content (AvgIpc) is 3.34. The van der Waals surface area contributed by atoms with Crippen LogP contribution >= 0.6 is 0 Å². The number of anilines is 2. The SMILES string of the molecule is CCC(C)(C)c1cc(Nc2nccc(-c3cc(C#N)c4c(c3)C(C)(CO)CC4)n2)n(C)n1. The summed E-state index contributed by atoms with van der Waals surface area (Å²) in [6, 6.07) is 10.2. The van der Waals surface area contributed by atoms with Crippen LogP contribution in [0.2, 0.25) is 0 Å². The summed E-state index contributed by atoms with van der Waals surface area (Å²) >= 11 is 0. The molecule has 2 aromatic heterocycles. The normalized spacial score (nSPS) is 17.8. The van der Waals surface area contributed by atoms with Crippen LogP contribution in [0.15, 0.2) is 30.5 Å². The highest BCUT2D eigenvalue weighted by Gasteiger charge is 2.35. The fourth-order valence-corrected chi connectivity index (χ4v) is 4.22. The number of rotatable bonds is 6. The number of hydrogen-bond donors (Lipinski definition) is 2. The van der Waals surface area contributed by atoms with E-state index in [4.69, 9.17) is 4.98 Å². The Morgan fingerprint density at radius 2 is 2.09 bits per heavy atom. The van der Waals surface area contributed by atoms with Crippen LogP contribution in [0.4, 0.5) is 11.8 Å². The van der Waals surface area contributed by atoms with Gasteiger partial charge >= 0.3 is 0 Å². The van der Waals surface area contributed by atoms with Gasteiger partial charge in [0.25, 0.3) is 0 Å². The van der Waals surface area contributed by atoms with Crippen molar-refractivity contribution in [1.82, 2.24) is 19.7 Å². The molecule has 0 aliphatic heterocycles. The van der Waals surface area contributed by atoms with E-state index in [0.717, 1.165) is 53.2 Å². The van der Waals surface area contributed by atoms with Crippen LogP contribution in [-0.2, 0) is 24.3 Å². The molecule has 1 aliphatic rings. The predicted molar refractivity (Wildman–Crippen MR) is 125 cm³/mol. The Bertz CT molecular complexity index is 1210. The minimum Gasteiger partial charge on any atom is -0.395 e. The zero-order valence-corrected chi connectivity index (χ0v) is 19.4. The minimum atomic E-state index is -0.331. The summed E-state index contributed by atoms with van der Waals surface area (Å²) in [6.45, 7) is 8.62. The van der Waals surface area contributed by atoms with Gasteiger partial charge in [-0.1, -0.05) is 27.7 Å². The van der Waals surface area contributed by atoms with Crippen LogP contribution in [0.25, 0.3) is 11.3 Å². The number of nitriles is 1. The van der Waals surface area contributed by atoms with Crippen molar-refractivity contribution in [2.24, 2.45) is 7.05 Å². The van der Waals surface area contributed by atoms with E-state index < -0.39 is 0 Å². The van der Waals surface area contributed by atoms with Crippen LogP contribution < -0.4 is 5.32 Å². The molecule has 7 nitrogen and oxygen atoms in total. The number of nitrogens with one attached hydrogen (secondary N) is 1. The van der Waals surface area contributed by atoms with Crippen LogP contribution in [0.5, 0.6) is 0 Å². The topological polar surface area (TPSA) is 99.6 Å². The third kappa shape index (κ3) is 3.76. The van der Waals surface area contributed by atoms with Crippen molar-refractivity contribution in [3.8, 4) is 17.3 Å². The quantitative estimate of drug-likeness (QED) is 0.602. The number of hydrogen-bond acceptors (Lipinski definition) is 6. The Morgan fingerprint density at radius 3 is 2.78 bits per heavy atom. The van der Waals surface area contributed by atoms with Crippen molar-refractivity contribution in [2.45, 2.75) is 57.8 Å². The van der Waals surface area contributed by atoms with E-state index in [1.54, 1.807) is 10.9 Å². The Morgan fingerprint density at radius 1 is 1.31 bits per heavy atom. The summed E-state index contributed by atoms with van der Waals surface area (Å²) in [7, 11) is 1.90. The number of aliphatic hydroxyl groups excluding tert-OH is 1. The number of fused-ring (bicyclic) bond motifs is 1. The number of nitrogens with zero attached hydrogens (tertiary/aromatic N) is 5. The number of aromatic nitrogens is 4. The summed E-state index contributed by atoms with van der Waals surface area (Å²) in [5, 5.41) is 27.6. The first-order valence-corrected chi connectivity index (χ1v) is 11.0. The van der Waals surface area contributed by atoms with Crippen LogP contribution in [0, 0.1) is 11.3 Å². The van der Waals surface area contributed by atoms with Crippen LogP contribution in [0.3, 0.4) is 0 Å². The smallest absolute Gasteiger partial charge is 0.228 e. The largest absolute Gasteiger partial charge is 0.395 e. The lowest BCUT2D eigenvalue weighted by Crippen LogP contribution is -2.23. The summed E-state index contributed by atoms with van der Waals surface area (Å²) in [6.07, 6.45) is 4.34. The zero-order chi connectivity index (χ0) is 23.1. The molecule has 0 saturated heterocycles. The maximum Gasteiger partial charge on any atom is 0.228 e. The lowest BCUT2D eigenvalue weighted by atomic mass is 9.83. The zero-order valence-electron chi connectivity index (χ0n) is 19.4. The molecule has 0 amide bonds. The molecular formula is C25H30N6O. The molecule has 4 rings (SSSR count). The fourth-order valence-electron chi connectivity index (χ4n) is 4.22. The van der Waals surface area contributed by atoms with Crippen molar-refractivity contribution < 1.29 is 5.11 Å². The van der Waals surface area contributed by atoms with E-state index in [1.165, 1.54) is 0 Å². The first-order chi connectivity index (χ1) is 15.2. The van der Waals surface area contributed by atoms with Gasteiger partial charge in [-0.3, -0.25) is 4.68 Å². The molecule has 0 saturated carbocycles. The molecule has 2 heterocycles. The standard InChI is InChI=1S/C25H30N6O/c1-6-24(2,3)21-13-22(31(5)30-21)29-23-27-10-8-20(28-23)16-11-17(14-26)18-7-9-25(4,15-32)19(18)12-16/h8,10-13,32H,6-7,9,15H2,1-5H3,(H,27,28,29). The van der Waals surface area contributed by atoms with Gasteiger partial charge in [-0.25, -0.2) is 9.97 Å². The van der Waals surface area contributed by atoms with Gasteiger partial charge in [-0.15, -0.1) is 0 Å². The van der Waals surface area contributed by atoms with Gasteiger partial charge in [-0.2, -0.15) is 10.4 Å². The van der Waals surface area contributed by atoms with Crippen LogP contribution in [-0.4, -0.2) is 31.5 Å². The molecule has 7 heteroatoms. The predicted octanol–water partition coefficient (Wildman–Crippen LogP) is 4.38. The Labute approximate surface area is 189 Å². The summed E-state index contributed by atoms with van der Waals surface area (Å²) in [5.41, 5.74) is 4.99. The van der Waals surface area contributed by atoms with Crippen molar-refractivity contribution in [2.75, 3.05) is 11.9 Å². The fraction of sp³-hybridized carbons (Fsp3) is 0.440. The molecule has 2 N–H and O–H groups in total. The first-order valence-electron chi connectivity index (χ1n) is 11.0. The molecule has 0 spiro atoms. The number of aryl methyl sites for hydroxylation is 1. The summed E-state index contributed by atoms with van der Waals surface area (Å²) in [5.74, 6) is 1.29. The summed E-state index contributed by atoms with van der Waals surface area (Å²) < 4.78 is 1.80. The van der Waals surface area contributed by atoms with Gasteiger partial charge < -0.3 is 10.4 Å². The second kappa shape index (κ2) is 8.03. The molecule has 0 bridgehead atoms. The van der Waals surface area contributed by atoms with E-state index in [1.807, 2.05) is 25.2 Å². The lowest BCUT2D eigenvalue weighted by Gasteiger charge is -2.23. The Hall–Kier alpha value is -3.24. The highest BCUT2D eigenvalue weighted by Crippen LogP contribution is 2.42. The van der Waals surface area contributed by atoms with E-state index in [9.17, 15) is 10.4 Å². The second-order valence-electron chi connectivity index (χ2n) is 9.55. The molecule has 3 aromatic rings. The minimum absolute atomic E-state index is 0.0160. The van der Waals surface area contributed by atoms with Crippen LogP contribution in [0.1, 0.15) is 62.9 Å². The van der Waals surface area contributed by atoms with Gasteiger partial charge in [0.15, 0.2) is 0 Å². The van der Waals surface area contributed by atoms with Gasteiger partial charge in [0.05, 0.1) is 29.6 Å². The Balaban J connectivity index is 1.70. The number of benzene rings is 1. The van der Waals surface area contributed by atoms with Gasteiger partial charge in [0.2, 0.25) is 5.95 Å². The van der Waals surface area contributed by atoms with Crippen molar-refractivity contribution in [1.29, 1.82) is 5.26 Å². The molecule has 1 aromatic carbocycles. The molecule has 32 heavy (non-hydrogen) atoms. The summed E-state index contributed by atoms with van der Waals surface area (Å²) in [4.78, 5) is 9.09. The van der Waals surface area contributed by atoms with E-state index in [0.29, 0.717) is 11.5 Å². The molecule has 166 valence electrons. The lowest BCUT2D eigenvalue weighted by molar-refractivity contribution is 0.206. The number of aliphatic hydroxyl groups is 1. The second-order valence-corrected chi connectivity index (χ2v) is 9.55. The molecule has 1 aliphatic carbocycles. The van der Waals surface area contributed by atoms with Crippen molar-refractivity contribution in [3.05, 3.63) is 52.8 Å². The Kier molecular flexibility index (Phi) is 5.51. The van der Waals surface area contributed by atoms with Gasteiger partial charge in [0.1, 0.15) is 5.82 Å². The monoisotopic (exact) mass is 430 g/mol. The van der Waals surface area contributed by atoms with E-state index in [2.05, 4.69) is 55.2 Å². The van der Waals surface area contributed by atoms with Gasteiger partial charge in [-0.05, 0) is 48.6 Å². The molecule has 1 unspecified atom stereocenters. The maximum absolute atomic E-state index is 9.98. The molecule has 0 radical (unpaired) electrons. The highest BCUT2D eigenvalue weighted by molar-refractivity contribution is 5.68. The first kappa shape index (κ1) is 22.0. The van der Waals surface area contributed by atoms with Gasteiger partial charge in [0, 0.05) is 35.7 Å². The highest BCUT2D eigenvalue weighted by atomic mass is 16.3. The van der Waals surface area contributed by atoms with E-state index in [-0.39, 0.29) is 17.4 Å². The molecular weight excluding hydrogens is 400 g/mol. The third-order valence-corrected chi connectivity index (χ3v) is 6.94. The van der Waals surface area contributed by atoms with Crippen molar-refractivity contribution in [3.63, 3.8) is 0 Å². The molecule has 0 fully saturated rings. The maximum atomic E-state index is 9.98. The van der Waals surface area contributed by atoms with E-state index >= 15 is 0 Å². The third-order valence-electron chi connectivity index (χ3n) is 6.94. The van der Waals surface area contributed by atoms with Crippen molar-refractivity contribution >= 4 is 11.8 Å². The molecule has 1 atom stereocenters.